The Morgan fingerprint density at radius 3 is 2.62 bits per heavy atom. The number of hydrogen-bond acceptors (Lipinski definition) is 7. The number of nitrogens with zero attached hydrogens (tertiary/aromatic N) is 1. The van der Waals surface area contributed by atoms with Crippen LogP contribution in [0.5, 0.6) is 0 Å². The molecule has 2 aromatic carbocycles. The van der Waals surface area contributed by atoms with Gasteiger partial charge in [-0.1, -0.05) is 11.6 Å². The SMILES string of the molecule is CNc1cc2ccn(-c3ccc(NC(=O)NS(=O)c4ccc(Cl)s4)cc3COC(C)=O)c(=O)c2cc1F. The number of anilines is 2. The number of benzene rings is 2. The van der Waals surface area contributed by atoms with E-state index in [1.807, 2.05) is 0 Å². The minimum atomic E-state index is -1.81. The summed E-state index contributed by atoms with van der Waals surface area (Å²) in [7, 11) is -0.233. The lowest BCUT2D eigenvalue weighted by atomic mass is 10.1. The number of hydrogen-bond donors (Lipinski definition) is 3. The van der Waals surface area contributed by atoms with Gasteiger partial charge in [0.25, 0.3) is 5.56 Å². The predicted octanol–water partition coefficient (Wildman–Crippen LogP) is 4.79. The Balaban J connectivity index is 1.66. The monoisotopic (exact) mass is 562 g/mol. The van der Waals surface area contributed by atoms with Crippen LogP contribution in [0.1, 0.15) is 12.5 Å². The molecule has 0 aliphatic heterocycles. The van der Waals surface area contributed by atoms with E-state index in [4.69, 9.17) is 16.3 Å². The highest BCUT2D eigenvalue weighted by Crippen LogP contribution is 2.25. The molecule has 0 saturated heterocycles. The first kappa shape index (κ1) is 26.3. The quantitative estimate of drug-likeness (QED) is 0.279. The predicted molar refractivity (Wildman–Crippen MR) is 142 cm³/mol. The lowest BCUT2D eigenvalue weighted by Gasteiger charge is -2.15. The molecule has 37 heavy (non-hydrogen) atoms. The summed E-state index contributed by atoms with van der Waals surface area (Å²) in [6, 6.07) is 11.3. The second kappa shape index (κ2) is 11.1. The van der Waals surface area contributed by atoms with Gasteiger partial charge in [0.2, 0.25) is 0 Å². The summed E-state index contributed by atoms with van der Waals surface area (Å²) < 4.78 is 36.2. The number of pyridine rings is 1. The van der Waals surface area contributed by atoms with Gasteiger partial charge in [-0.3, -0.25) is 18.9 Å². The van der Waals surface area contributed by atoms with Crippen LogP contribution in [-0.2, 0) is 27.1 Å². The molecule has 1 atom stereocenters. The number of esters is 1. The summed E-state index contributed by atoms with van der Waals surface area (Å²) in [6.45, 7) is 1.05. The van der Waals surface area contributed by atoms with Gasteiger partial charge in [0.15, 0.2) is 11.0 Å². The van der Waals surface area contributed by atoms with Crippen LogP contribution in [0.3, 0.4) is 0 Å². The molecule has 2 aromatic heterocycles. The lowest BCUT2D eigenvalue weighted by molar-refractivity contribution is -0.142. The van der Waals surface area contributed by atoms with Crippen LogP contribution in [0, 0.1) is 5.82 Å². The van der Waals surface area contributed by atoms with Gasteiger partial charge in [0, 0.05) is 31.4 Å². The Hall–Kier alpha value is -3.74. The first-order valence-corrected chi connectivity index (χ1v) is 13.0. The van der Waals surface area contributed by atoms with Gasteiger partial charge in [-0.05, 0) is 53.9 Å². The van der Waals surface area contributed by atoms with Crippen molar-refractivity contribution >= 4 is 68.1 Å². The number of carbonyl (C=O) groups is 2. The maximum absolute atomic E-state index is 14.4. The van der Waals surface area contributed by atoms with Crippen molar-refractivity contribution in [3.63, 3.8) is 0 Å². The van der Waals surface area contributed by atoms with E-state index < -0.39 is 34.4 Å². The molecule has 0 fully saturated rings. The number of amides is 2. The topological polar surface area (TPSA) is 119 Å². The van der Waals surface area contributed by atoms with Crippen LogP contribution >= 0.6 is 22.9 Å². The van der Waals surface area contributed by atoms with Crippen molar-refractivity contribution in [2.75, 3.05) is 17.7 Å². The molecule has 0 aliphatic rings. The third-order valence-corrected chi connectivity index (χ3v) is 7.81. The Labute approximate surface area is 221 Å². The van der Waals surface area contributed by atoms with Crippen LogP contribution in [0.4, 0.5) is 20.6 Å². The number of carbonyl (C=O) groups excluding carboxylic acids is 2. The van der Waals surface area contributed by atoms with E-state index in [9.17, 15) is 23.0 Å². The molecule has 0 bridgehead atoms. The van der Waals surface area contributed by atoms with E-state index in [2.05, 4.69) is 15.4 Å². The molecule has 2 heterocycles. The molecule has 0 radical (unpaired) electrons. The number of halogens is 2. The van der Waals surface area contributed by atoms with Gasteiger partial charge in [-0.25, -0.2) is 13.4 Å². The van der Waals surface area contributed by atoms with Gasteiger partial charge in [0.1, 0.15) is 16.6 Å². The fraction of sp³-hybridized carbons (Fsp3) is 0.125. The summed E-state index contributed by atoms with van der Waals surface area (Å²) in [6.07, 6.45) is 1.53. The van der Waals surface area contributed by atoms with E-state index in [1.165, 1.54) is 35.9 Å². The zero-order valence-electron chi connectivity index (χ0n) is 19.5. The van der Waals surface area contributed by atoms with E-state index in [-0.39, 0.29) is 17.7 Å². The lowest BCUT2D eigenvalue weighted by Crippen LogP contribution is -2.30. The minimum absolute atomic E-state index is 0.162. The fourth-order valence-corrected chi connectivity index (χ4v) is 5.65. The maximum atomic E-state index is 14.4. The largest absolute Gasteiger partial charge is 0.461 e. The van der Waals surface area contributed by atoms with Gasteiger partial charge in [-0.15, -0.1) is 11.3 Å². The summed E-state index contributed by atoms with van der Waals surface area (Å²) in [5.74, 6) is -1.11. The smallest absolute Gasteiger partial charge is 0.331 e. The molecule has 9 nitrogen and oxygen atoms in total. The molecule has 4 aromatic rings. The fourth-order valence-electron chi connectivity index (χ4n) is 3.53. The van der Waals surface area contributed by atoms with Crippen molar-refractivity contribution < 1.29 is 22.9 Å². The first-order valence-electron chi connectivity index (χ1n) is 10.7. The van der Waals surface area contributed by atoms with Crippen LogP contribution < -0.4 is 20.9 Å². The Morgan fingerprint density at radius 1 is 1.16 bits per heavy atom. The number of aromatic nitrogens is 1. The number of nitrogens with one attached hydrogen (secondary N) is 3. The second-order valence-electron chi connectivity index (χ2n) is 7.67. The summed E-state index contributed by atoms with van der Waals surface area (Å²) in [4.78, 5) is 37.1. The van der Waals surface area contributed by atoms with Crippen molar-refractivity contribution in [1.82, 2.24) is 9.29 Å². The highest BCUT2D eigenvalue weighted by atomic mass is 35.5. The summed E-state index contributed by atoms with van der Waals surface area (Å²) >= 11 is 6.92. The van der Waals surface area contributed by atoms with Crippen molar-refractivity contribution in [1.29, 1.82) is 0 Å². The number of thiophene rings is 1. The normalized spacial score (nSPS) is 11.7. The molecular formula is C24H20ClFN4O5S2. The van der Waals surface area contributed by atoms with Gasteiger partial charge >= 0.3 is 12.0 Å². The Morgan fingerprint density at radius 2 is 1.95 bits per heavy atom. The van der Waals surface area contributed by atoms with E-state index >= 15 is 0 Å². The number of ether oxygens (including phenoxy) is 1. The van der Waals surface area contributed by atoms with Gasteiger partial charge < -0.3 is 15.4 Å². The van der Waals surface area contributed by atoms with Crippen molar-refractivity contribution in [3.05, 3.63) is 80.8 Å². The number of rotatable bonds is 7. The van der Waals surface area contributed by atoms with E-state index in [1.54, 1.807) is 31.3 Å². The van der Waals surface area contributed by atoms with Crippen LogP contribution in [0.2, 0.25) is 4.34 Å². The highest BCUT2D eigenvalue weighted by molar-refractivity contribution is 7.86. The van der Waals surface area contributed by atoms with Crippen molar-refractivity contribution in [2.45, 2.75) is 17.7 Å². The zero-order valence-corrected chi connectivity index (χ0v) is 21.9. The molecule has 0 saturated carbocycles. The van der Waals surface area contributed by atoms with Gasteiger partial charge in [0.05, 0.1) is 21.1 Å². The molecule has 4 rings (SSSR count). The van der Waals surface area contributed by atoms with Crippen molar-refractivity contribution in [2.24, 2.45) is 0 Å². The zero-order chi connectivity index (χ0) is 26.7. The summed E-state index contributed by atoms with van der Waals surface area (Å²) in [5.41, 5.74) is 0.841. The van der Waals surface area contributed by atoms with Gasteiger partial charge in [-0.2, -0.15) is 0 Å². The molecule has 13 heteroatoms. The Kier molecular flexibility index (Phi) is 7.91. The van der Waals surface area contributed by atoms with Crippen molar-refractivity contribution in [3.8, 4) is 5.69 Å². The maximum Gasteiger partial charge on any atom is 0.331 e. The molecule has 2 amide bonds. The second-order valence-corrected chi connectivity index (χ2v) is 10.8. The Bertz CT molecular complexity index is 1600. The van der Waals surface area contributed by atoms with Crippen LogP contribution in [-0.4, -0.2) is 27.8 Å². The van der Waals surface area contributed by atoms with Crippen LogP contribution in [0.15, 0.2) is 63.7 Å². The molecular weight excluding hydrogens is 543 g/mol. The molecule has 3 N–H and O–H groups in total. The number of urea groups is 1. The van der Waals surface area contributed by atoms with Crippen LogP contribution in [0.25, 0.3) is 16.5 Å². The van der Waals surface area contributed by atoms with E-state index in [0.29, 0.717) is 30.9 Å². The standard InChI is InChI=1S/C24H20ClFN4O5S2/c1-13(31)35-12-15-9-16(28-24(33)29-37(34)22-6-5-21(25)36-22)3-4-20(15)30-8-7-14-10-19(27-2)18(26)11-17(14)23(30)32/h3-11,27H,12H2,1-2H3,(H2,28,29,33). The summed E-state index contributed by atoms with van der Waals surface area (Å²) in [5, 5.41) is 6.01. The minimum Gasteiger partial charge on any atom is -0.461 e. The first-order chi connectivity index (χ1) is 17.7. The molecule has 0 spiro atoms. The number of fused-ring (bicyclic) bond motifs is 1. The molecule has 192 valence electrons. The van der Waals surface area contributed by atoms with E-state index in [0.717, 1.165) is 17.4 Å². The third-order valence-electron chi connectivity index (χ3n) is 5.21. The molecule has 1 unspecified atom stereocenters. The molecule has 0 aliphatic carbocycles. The average molecular weight is 563 g/mol. The average Bonchev–Trinajstić information content (AvgIpc) is 3.30. The highest BCUT2D eigenvalue weighted by Gasteiger charge is 2.15. The third kappa shape index (κ3) is 5.98.